The van der Waals surface area contributed by atoms with Gasteiger partial charge in [-0.1, -0.05) is 18.2 Å². The zero-order valence-corrected chi connectivity index (χ0v) is 12.8. The molecule has 1 aromatic carbocycles. The van der Waals surface area contributed by atoms with Gasteiger partial charge in [-0.25, -0.2) is 0 Å². The van der Waals surface area contributed by atoms with Gasteiger partial charge in [-0.3, -0.25) is 4.79 Å². The molecule has 2 N–H and O–H groups in total. The van der Waals surface area contributed by atoms with Crippen LogP contribution in [0, 0.1) is 5.92 Å². The van der Waals surface area contributed by atoms with E-state index in [0.717, 1.165) is 45.4 Å². The second-order valence-corrected chi connectivity index (χ2v) is 6.21. The fraction of sp³-hybridized carbons (Fsp3) is 0.588. The van der Waals surface area contributed by atoms with Crippen LogP contribution in [0.15, 0.2) is 24.3 Å². The normalized spacial score (nSPS) is 22.7. The molecule has 4 nitrogen and oxygen atoms in total. The summed E-state index contributed by atoms with van der Waals surface area (Å²) in [6.07, 6.45) is 3.23. The third-order valence-corrected chi connectivity index (χ3v) is 4.69. The molecule has 1 amide bonds. The second-order valence-electron chi connectivity index (χ2n) is 6.21. The fourth-order valence-corrected chi connectivity index (χ4v) is 3.40. The monoisotopic (exact) mass is 287 g/mol. The van der Waals surface area contributed by atoms with Crippen LogP contribution in [-0.4, -0.2) is 38.1 Å². The number of amides is 1. The topological polar surface area (TPSA) is 44.4 Å². The maximum absolute atomic E-state index is 12.2. The molecule has 0 spiro atoms. The highest BCUT2D eigenvalue weighted by atomic mass is 16.1. The lowest BCUT2D eigenvalue weighted by Crippen LogP contribution is -2.46. The van der Waals surface area contributed by atoms with Gasteiger partial charge in [-0.2, -0.15) is 0 Å². The van der Waals surface area contributed by atoms with Gasteiger partial charge < -0.3 is 15.5 Å². The zero-order valence-electron chi connectivity index (χ0n) is 12.8. The first-order chi connectivity index (χ1) is 10.3. The molecule has 0 bridgehead atoms. The average molecular weight is 287 g/mol. The van der Waals surface area contributed by atoms with Crippen LogP contribution in [0.1, 0.15) is 25.3 Å². The molecule has 2 aliphatic heterocycles. The predicted octanol–water partition coefficient (Wildman–Crippen LogP) is 1.55. The van der Waals surface area contributed by atoms with Gasteiger partial charge in [0.2, 0.25) is 5.91 Å². The molecule has 0 aromatic heterocycles. The summed E-state index contributed by atoms with van der Waals surface area (Å²) < 4.78 is 0. The molecule has 0 aliphatic carbocycles. The third-order valence-electron chi connectivity index (χ3n) is 4.69. The fourth-order valence-electron chi connectivity index (χ4n) is 3.40. The van der Waals surface area contributed by atoms with E-state index in [9.17, 15) is 4.79 Å². The molecule has 21 heavy (non-hydrogen) atoms. The Hall–Kier alpha value is -1.55. The summed E-state index contributed by atoms with van der Waals surface area (Å²) in [5.41, 5.74) is 2.76. The van der Waals surface area contributed by atoms with Crippen LogP contribution in [0.25, 0.3) is 0 Å². The van der Waals surface area contributed by atoms with Crippen LogP contribution < -0.4 is 15.5 Å². The van der Waals surface area contributed by atoms with Crippen molar-refractivity contribution in [2.45, 2.75) is 32.2 Å². The number of fused-ring (bicyclic) bond motifs is 1. The van der Waals surface area contributed by atoms with Crippen LogP contribution in [0.4, 0.5) is 5.69 Å². The van der Waals surface area contributed by atoms with Gasteiger partial charge in [0.1, 0.15) is 0 Å². The molecule has 2 atom stereocenters. The number of nitrogens with one attached hydrogen (secondary N) is 2. The molecule has 0 radical (unpaired) electrons. The summed E-state index contributed by atoms with van der Waals surface area (Å²) in [5, 5.41) is 6.44. The Balaban J connectivity index is 1.53. The lowest BCUT2D eigenvalue weighted by atomic mass is 9.99. The summed E-state index contributed by atoms with van der Waals surface area (Å²) in [4.78, 5) is 14.6. The van der Waals surface area contributed by atoms with Crippen molar-refractivity contribution in [3.63, 3.8) is 0 Å². The molecule has 2 aliphatic rings. The van der Waals surface area contributed by atoms with Gasteiger partial charge >= 0.3 is 0 Å². The third kappa shape index (κ3) is 3.21. The number of benzene rings is 1. The summed E-state index contributed by atoms with van der Waals surface area (Å²) in [7, 11) is 0. The van der Waals surface area contributed by atoms with E-state index in [1.807, 2.05) is 0 Å². The molecule has 1 fully saturated rings. The Bertz CT molecular complexity index is 497. The van der Waals surface area contributed by atoms with Crippen molar-refractivity contribution in [3.8, 4) is 0 Å². The molecule has 2 heterocycles. The van der Waals surface area contributed by atoms with Crippen LogP contribution in [0.5, 0.6) is 0 Å². The number of rotatable bonds is 4. The van der Waals surface area contributed by atoms with Crippen molar-refractivity contribution in [2.75, 3.05) is 31.1 Å². The Labute approximate surface area is 126 Å². The highest BCUT2D eigenvalue weighted by Crippen LogP contribution is 2.28. The van der Waals surface area contributed by atoms with Gasteiger partial charge in [-0.05, 0) is 44.4 Å². The van der Waals surface area contributed by atoms with Gasteiger partial charge in [-0.15, -0.1) is 0 Å². The van der Waals surface area contributed by atoms with Gasteiger partial charge in [0, 0.05) is 31.4 Å². The first-order valence-electron chi connectivity index (χ1n) is 8.08. The number of anilines is 1. The predicted molar refractivity (Wildman–Crippen MR) is 85.6 cm³/mol. The minimum atomic E-state index is 0.150. The first-order valence-corrected chi connectivity index (χ1v) is 8.08. The minimum absolute atomic E-state index is 0.150. The summed E-state index contributed by atoms with van der Waals surface area (Å²) in [6.45, 7) is 5.85. The van der Waals surface area contributed by atoms with Crippen molar-refractivity contribution >= 4 is 11.6 Å². The molecule has 3 rings (SSSR count). The molecule has 4 heteroatoms. The van der Waals surface area contributed by atoms with E-state index >= 15 is 0 Å². The van der Waals surface area contributed by atoms with E-state index in [1.54, 1.807) is 0 Å². The number of carbonyl (C=O) groups is 1. The van der Waals surface area contributed by atoms with E-state index in [0.29, 0.717) is 6.04 Å². The summed E-state index contributed by atoms with van der Waals surface area (Å²) >= 11 is 0. The van der Waals surface area contributed by atoms with Gasteiger partial charge in [0.25, 0.3) is 0 Å². The van der Waals surface area contributed by atoms with Crippen molar-refractivity contribution in [2.24, 2.45) is 5.92 Å². The largest absolute Gasteiger partial charge is 0.366 e. The SMILES string of the molecule is CC(CNC(=O)C1CCCNC1)N1CCc2ccccc21. The average Bonchev–Trinajstić information content (AvgIpc) is 2.97. The van der Waals surface area contributed by atoms with E-state index in [4.69, 9.17) is 0 Å². The Morgan fingerprint density at radius 3 is 3.14 bits per heavy atom. The number of carbonyl (C=O) groups excluding carboxylic acids is 1. The Morgan fingerprint density at radius 1 is 1.48 bits per heavy atom. The van der Waals surface area contributed by atoms with Crippen LogP contribution in [0.3, 0.4) is 0 Å². The zero-order chi connectivity index (χ0) is 14.7. The minimum Gasteiger partial charge on any atom is -0.366 e. The summed E-state index contributed by atoms with van der Waals surface area (Å²) in [6, 6.07) is 8.93. The number of piperidine rings is 1. The maximum Gasteiger partial charge on any atom is 0.224 e. The summed E-state index contributed by atoms with van der Waals surface area (Å²) in [5.74, 6) is 0.360. The van der Waals surface area contributed by atoms with E-state index in [-0.39, 0.29) is 11.8 Å². The standard InChI is InChI=1S/C17H25N3O/c1-13(11-19-17(21)15-6-4-9-18-12-15)20-10-8-14-5-2-3-7-16(14)20/h2-3,5,7,13,15,18H,4,6,8-12H2,1H3,(H,19,21). The maximum atomic E-state index is 12.2. The van der Waals surface area contributed by atoms with Crippen LogP contribution in [-0.2, 0) is 11.2 Å². The number of hydrogen-bond acceptors (Lipinski definition) is 3. The lowest BCUT2D eigenvalue weighted by Gasteiger charge is -2.29. The van der Waals surface area contributed by atoms with Gasteiger partial charge in [0.05, 0.1) is 5.92 Å². The Kier molecular flexibility index (Phi) is 4.44. The van der Waals surface area contributed by atoms with E-state index in [1.165, 1.54) is 11.3 Å². The van der Waals surface area contributed by atoms with Crippen molar-refractivity contribution in [1.29, 1.82) is 0 Å². The molecular weight excluding hydrogens is 262 g/mol. The van der Waals surface area contributed by atoms with E-state index < -0.39 is 0 Å². The van der Waals surface area contributed by atoms with Gasteiger partial charge in [0.15, 0.2) is 0 Å². The quantitative estimate of drug-likeness (QED) is 0.883. The second kappa shape index (κ2) is 6.48. The number of hydrogen-bond donors (Lipinski definition) is 2. The number of nitrogens with zero attached hydrogens (tertiary/aromatic N) is 1. The first kappa shape index (κ1) is 14.4. The van der Waals surface area contributed by atoms with E-state index in [2.05, 4.69) is 46.7 Å². The molecule has 1 aromatic rings. The number of para-hydroxylation sites is 1. The molecule has 114 valence electrons. The lowest BCUT2D eigenvalue weighted by molar-refractivity contribution is -0.125. The van der Waals surface area contributed by atoms with Crippen molar-refractivity contribution in [3.05, 3.63) is 29.8 Å². The smallest absolute Gasteiger partial charge is 0.224 e. The van der Waals surface area contributed by atoms with Crippen LogP contribution in [0.2, 0.25) is 0 Å². The molecule has 2 unspecified atom stereocenters. The highest BCUT2D eigenvalue weighted by Gasteiger charge is 2.25. The Morgan fingerprint density at radius 2 is 2.33 bits per heavy atom. The molecule has 0 saturated carbocycles. The molecular formula is C17H25N3O. The van der Waals surface area contributed by atoms with Crippen LogP contribution >= 0.6 is 0 Å². The molecule has 1 saturated heterocycles. The van der Waals surface area contributed by atoms with Crippen molar-refractivity contribution < 1.29 is 4.79 Å². The highest BCUT2D eigenvalue weighted by molar-refractivity contribution is 5.79. The van der Waals surface area contributed by atoms with Crippen molar-refractivity contribution in [1.82, 2.24) is 10.6 Å².